The molecule has 0 bridgehead atoms. The summed E-state index contributed by atoms with van der Waals surface area (Å²) < 4.78 is 43.8. The molecule has 0 radical (unpaired) electrons. The van der Waals surface area contributed by atoms with Crippen molar-refractivity contribution in [1.82, 2.24) is 14.9 Å². The highest BCUT2D eigenvalue weighted by Gasteiger charge is 2.30. The zero-order valence-corrected chi connectivity index (χ0v) is 14.6. The first kappa shape index (κ1) is 19.2. The van der Waals surface area contributed by atoms with Gasteiger partial charge in [-0.2, -0.15) is 13.2 Å². The number of aromatic nitrogens is 2. The van der Waals surface area contributed by atoms with Gasteiger partial charge in [-0.15, -0.1) is 0 Å². The van der Waals surface area contributed by atoms with E-state index in [2.05, 4.69) is 25.5 Å². The highest BCUT2D eigenvalue weighted by atomic mass is 19.4. The summed E-state index contributed by atoms with van der Waals surface area (Å²) >= 11 is 0. The van der Waals surface area contributed by atoms with E-state index in [0.717, 1.165) is 45.0 Å². The molecule has 1 fully saturated rings. The smallest absolute Gasteiger partial charge is 0.393 e. The molecule has 0 atom stereocenters. The number of anilines is 4. The van der Waals surface area contributed by atoms with E-state index in [1.807, 2.05) is 0 Å². The number of nitrogens with two attached hydrogens (primary N) is 1. The van der Waals surface area contributed by atoms with E-state index >= 15 is 0 Å². The van der Waals surface area contributed by atoms with Crippen LogP contribution in [0.15, 0.2) is 30.6 Å². The molecule has 1 aliphatic rings. The van der Waals surface area contributed by atoms with Gasteiger partial charge in [-0.3, -0.25) is 4.90 Å². The maximum Gasteiger partial charge on any atom is 0.416 e. The lowest BCUT2D eigenvalue weighted by Gasteiger charge is -2.26. The van der Waals surface area contributed by atoms with Crippen LogP contribution in [0.25, 0.3) is 0 Å². The molecule has 1 aromatic carbocycles. The lowest BCUT2D eigenvalue weighted by molar-refractivity contribution is -0.137. The van der Waals surface area contributed by atoms with Crippen LogP contribution in [0, 0.1) is 0 Å². The molecule has 0 aliphatic carbocycles. The third kappa shape index (κ3) is 5.20. The van der Waals surface area contributed by atoms with Crippen molar-refractivity contribution in [3.05, 3.63) is 36.2 Å². The Balaban J connectivity index is 1.64. The van der Waals surface area contributed by atoms with Gasteiger partial charge < -0.3 is 21.1 Å². The zero-order valence-electron chi connectivity index (χ0n) is 14.6. The van der Waals surface area contributed by atoms with Gasteiger partial charge in [-0.1, -0.05) is 6.07 Å². The van der Waals surface area contributed by atoms with Crippen molar-refractivity contribution in [3.8, 4) is 0 Å². The first-order valence-electron chi connectivity index (χ1n) is 8.52. The molecule has 4 N–H and O–H groups in total. The van der Waals surface area contributed by atoms with Crippen molar-refractivity contribution in [2.45, 2.75) is 6.18 Å². The van der Waals surface area contributed by atoms with Crippen molar-refractivity contribution < 1.29 is 17.9 Å². The van der Waals surface area contributed by atoms with Crippen LogP contribution in [0.1, 0.15) is 5.56 Å². The Morgan fingerprint density at radius 3 is 2.63 bits per heavy atom. The Kier molecular flexibility index (Phi) is 5.97. The zero-order chi connectivity index (χ0) is 19.3. The molecule has 27 heavy (non-hydrogen) atoms. The van der Waals surface area contributed by atoms with Gasteiger partial charge in [0.1, 0.15) is 12.0 Å². The van der Waals surface area contributed by atoms with Gasteiger partial charge >= 0.3 is 6.18 Å². The second-order valence-corrected chi connectivity index (χ2v) is 6.07. The Labute approximate surface area is 154 Å². The van der Waals surface area contributed by atoms with E-state index < -0.39 is 11.7 Å². The standard InChI is InChI=1S/C17H21F3N6O/c18-17(19,20)12-2-1-3-13(10-12)25-16-14(21)15(23-11-24-16)22-4-5-26-6-8-27-9-7-26/h1-3,10-11H,4-9,21H2,(H2,22,23,24,25). The number of nitrogens with zero attached hydrogens (tertiary/aromatic N) is 3. The normalized spacial score (nSPS) is 15.5. The van der Waals surface area contributed by atoms with Crippen molar-refractivity contribution in [2.24, 2.45) is 0 Å². The lowest BCUT2D eigenvalue weighted by atomic mass is 10.2. The number of alkyl halides is 3. The average Bonchev–Trinajstić information content (AvgIpc) is 2.65. The van der Waals surface area contributed by atoms with Crippen LogP contribution in [0.2, 0.25) is 0 Å². The van der Waals surface area contributed by atoms with Crippen molar-refractivity contribution in [1.29, 1.82) is 0 Å². The van der Waals surface area contributed by atoms with Crippen molar-refractivity contribution >= 4 is 23.0 Å². The molecule has 146 valence electrons. The van der Waals surface area contributed by atoms with E-state index in [0.29, 0.717) is 12.4 Å². The summed E-state index contributed by atoms with van der Waals surface area (Å²) in [5.41, 5.74) is 5.81. The summed E-state index contributed by atoms with van der Waals surface area (Å²) in [4.78, 5) is 10.4. The van der Waals surface area contributed by atoms with E-state index in [1.165, 1.54) is 18.5 Å². The molecular formula is C17H21F3N6O. The van der Waals surface area contributed by atoms with Crippen molar-refractivity contribution in [2.75, 3.05) is 55.8 Å². The lowest BCUT2D eigenvalue weighted by Crippen LogP contribution is -2.39. The minimum absolute atomic E-state index is 0.245. The van der Waals surface area contributed by atoms with Crippen LogP contribution < -0.4 is 16.4 Å². The van der Waals surface area contributed by atoms with Crippen LogP contribution in [-0.2, 0) is 10.9 Å². The fraction of sp³-hybridized carbons (Fsp3) is 0.412. The number of benzene rings is 1. The summed E-state index contributed by atoms with van der Waals surface area (Å²) in [5, 5.41) is 5.97. The number of hydrogen-bond donors (Lipinski definition) is 3. The van der Waals surface area contributed by atoms with Gasteiger partial charge in [-0.25, -0.2) is 9.97 Å². The molecule has 3 rings (SSSR count). The highest BCUT2D eigenvalue weighted by molar-refractivity contribution is 5.77. The van der Waals surface area contributed by atoms with Gasteiger partial charge in [-0.05, 0) is 18.2 Å². The van der Waals surface area contributed by atoms with Crippen LogP contribution in [0.5, 0.6) is 0 Å². The molecule has 0 amide bonds. The Bertz CT molecular complexity index is 765. The van der Waals surface area contributed by atoms with E-state index in [4.69, 9.17) is 10.5 Å². The molecule has 2 aromatic rings. The predicted molar refractivity (Wildman–Crippen MR) is 96.9 cm³/mol. The molecule has 0 unspecified atom stereocenters. The summed E-state index contributed by atoms with van der Waals surface area (Å²) in [7, 11) is 0. The number of ether oxygens (including phenoxy) is 1. The monoisotopic (exact) mass is 382 g/mol. The molecular weight excluding hydrogens is 361 g/mol. The largest absolute Gasteiger partial charge is 0.416 e. The van der Waals surface area contributed by atoms with E-state index in [9.17, 15) is 13.2 Å². The molecule has 10 heteroatoms. The number of morpholine rings is 1. The van der Waals surface area contributed by atoms with Gasteiger partial charge in [0.15, 0.2) is 11.6 Å². The number of nitrogen functional groups attached to an aromatic ring is 1. The van der Waals surface area contributed by atoms with Crippen LogP contribution in [0.3, 0.4) is 0 Å². The van der Waals surface area contributed by atoms with Crippen LogP contribution >= 0.6 is 0 Å². The first-order valence-corrected chi connectivity index (χ1v) is 8.52. The minimum Gasteiger partial charge on any atom is -0.393 e. The molecule has 0 spiro atoms. The number of nitrogens with one attached hydrogen (secondary N) is 2. The van der Waals surface area contributed by atoms with E-state index in [-0.39, 0.29) is 17.2 Å². The topological polar surface area (TPSA) is 88.3 Å². The van der Waals surface area contributed by atoms with Gasteiger partial charge in [0.25, 0.3) is 0 Å². The quantitative estimate of drug-likeness (QED) is 0.708. The third-order valence-electron chi connectivity index (χ3n) is 4.16. The Morgan fingerprint density at radius 2 is 1.89 bits per heavy atom. The molecule has 1 aliphatic heterocycles. The summed E-state index contributed by atoms with van der Waals surface area (Å²) in [5.74, 6) is 0.686. The Morgan fingerprint density at radius 1 is 1.15 bits per heavy atom. The second kappa shape index (κ2) is 8.40. The summed E-state index contributed by atoms with van der Waals surface area (Å²) in [6.45, 7) is 4.64. The molecule has 2 heterocycles. The molecule has 7 nitrogen and oxygen atoms in total. The number of halogens is 3. The third-order valence-corrected chi connectivity index (χ3v) is 4.16. The van der Waals surface area contributed by atoms with Crippen LogP contribution in [0.4, 0.5) is 36.2 Å². The fourth-order valence-corrected chi connectivity index (χ4v) is 2.70. The molecule has 1 aromatic heterocycles. The van der Waals surface area contributed by atoms with Gasteiger partial charge in [0, 0.05) is 31.9 Å². The predicted octanol–water partition coefficient (Wildman–Crippen LogP) is 2.57. The number of rotatable bonds is 6. The molecule has 0 saturated carbocycles. The minimum atomic E-state index is -4.42. The highest BCUT2D eigenvalue weighted by Crippen LogP contribution is 2.32. The Hall–Kier alpha value is -2.59. The summed E-state index contributed by atoms with van der Waals surface area (Å²) in [6, 6.07) is 4.85. The second-order valence-electron chi connectivity index (χ2n) is 6.07. The van der Waals surface area contributed by atoms with Gasteiger partial charge in [0.2, 0.25) is 0 Å². The molecule has 1 saturated heterocycles. The van der Waals surface area contributed by atoms with Crippen LogP contribution in [-0.4, -0.2) is 54.3 Å². The average molecular weight is 382 g/mol. The summed E-state index contributed by atoms with van der Waals surface area (Å²) in [6.07, 6.45) is -3.11. The maximum absolute atomic E-state index is 12.8. The fourth-order valence-electron chi connectivity index (χ4n) is 2.70. The van der Waals surface area contributed by atoms with E-state index in [1.54, 1.807) is 0 Å². The SMILES string of the molecule is Nc1c(NCCN2CCOCC2)ncnc1Nc1cccc(C(F)(F)F)c1. The maximum atomic E-state index is 12.8. The van der Waals surface area contributed by atoms with Gasteiger partial charge in [0.05, 0.1) is 18.8 Å². The number of hydrogen-bond acceptors (Lipinski definition) is 7. The van der Waals surface area contributed by atoms with Crippen molar-refractivity contribution in [3.63, 3.8) is 0 Å². The first-order chi connectivity index (χ1) is 12.9.